The minimum absolute atomic E-state index is 0.0656. The van der Waals surface area contributed by atoms with Gasteiger partial charge in [0.25, 0.3) is 0 Å². The monoisotopic (exact) mass is 220 g/mol. The lowest BCUT2D eigenvalue weighted by Crippen LogP contribution is -2.89. The zero-order valence-electron chi connectivity index (χ0n) is 10.3. The molecule has 0 aromatic heterocycles. The summed E-state index contributed by atoms with van der Waals surface area (Å²) in [5.41, 5.74) is 1.47. The van der Waals surface area contributed by atoms with E-state index in [0.29, 0.717) is 6.04 Å². The van der Waals surface area contributed by atoms with Gasteiger partial charge in [0.2, 0.25) is 0 Å². The summed E-state index contributed by atoms with van der Waals surface area (Å²) in [6.45, 7) is 6.37. The summed E-state index contributed by atoms with van der Waals surface area (Å²) < 4.78 is 5.73. The molecule has 88 valence electrons. The second-order valence-corrected chi connectivity index (χ2v) is 5.29. The van der Waals surface area contributed by atoms with E-state index in [-0.39, 0.29) is 5.60 Å². The first-order valence-corrected chi connectivity index (χ1v) is 6.17. The van der Waals surface area contributed by atoms with Gasteiger partial charge in [-0.3, -0.25) is 0 Å². The molecule has 2 heteroatoms. The van der Waals surface area contributed by atoms with Crippen LogP contribution in [0.1, 0.15) is 32.3 Å². The van der Waals surface area contributed by atoms with Gasteiger partial charge in [0.15, 0.2) is 0 Å². The highest BCUT2D eigenvalue weighted by Gasteiger charge is 2.30. The molecule has 1 saturated heterocycles. The smallest absolute Gasteiger partial charge is 0.101 e. The Balaban J connectivity index is 1.82. The van der Waals surface area contributed by atoms with Crippen LogP contribution in [0.4, 0.5) is 0 Å². The average molecular weight is 220 g/mol. The fourth-order valence-corrected chi connectivity index (χ4v) is 2.40. The number of rotatable bonds is 3. The van der Waals surface area contributed by atoms with Gasteiger partial charge in [-0.25, -0.2) is 0 Å². The van der Waals surface area contributed by atoms with E-state index < -0.39 is 0 Å². The van der Waals surface area contributed by atoms with Crippen molar-refractivity contribution in [2.45, 2.75) is 44.9 Å². The van der Waals surface area contributed by atoms with E-state index >= 15 is 0 Å². The third-order valence-electron chi connectivity index (χ3n) is 3.26. The Kier molecular flexibility index (Phi) is 3.62. The van der Waals surface area contributed by atoms with Crippen LogP contribution in [0.5, 0.6) is 0 Å². The Morgan fingerprint density at radius 1 is 1.31 bits per heavy atom. The first kappa shape index (κ1) is 11.6. The maximum absolute atomic E-state index is 5.73. The lowest BCUT2D eigenvalue weighted by atomic mass is 9.94. The Morgan fingerprint density at radius 2 is 2.06 bits per heavy atom. The Bertz CT molecular complexity index is 321. The molecule has 1 aromatic rings. The van der Waals surface area contributed by atoms with E-state index in [9.17, 15) is 0 Å². The molecule has 0 aliphatic carbocycles. The van der Waals surface area contributed by atoms with E-state index in [1.54, 1.807) is 0 Å². The van der Waals surface area contributed by atoms with Crippen molar-refractivity contribution in [3.63, 3.8) is 0 Å². The highest BCUT2D eigenvalue weighted by Crippen LogP contribution is 2.22. The van der Waals surface area contributed by atoms with Crippen molar-refractivity contribution < 1.29 is 10.1 Å². The predicted molar refractivity (Wildman–Crippen MR) is 65.1 cm³/mol. The van der Waals surface area contributed by atoms with Gasteiger partial charge in [-0.15, -0.1) is 0 Å². The van der Waals surface area contributed by atoms with Crippen molar-refractivity contribution in [3.8, 4) is 0 Å². The van der Waals surface area contributed by atoms with Crippen LogP contribution < -0.4 is 5.32 Å². The molecular weight excluding hydrogens is 198 g/mol. The number of hydrogen-bond acceptors (Lipinski definition) is 1. The Labute approximate surface area is 98.0 Å². The molecule has 16 heavy (non-hydrogen) atoms. The molecule has 2 N–H and O–H groups in total. The van der Waals surface area contributed by atoms with Gasteiger partial charge in [-0.2, -0.15) is 0 Å². The molecule has 0 spiro atoms. The molecule has 2 nitrogen and oxygen atoms in total. The summed E-state index contributed by atoms with van der Waals surface area (Å²) in [4.78, 5) is 0. The first-order chi connectivity index (χ1) is 7.66. The lowest BCUT2D eigenvalue weighted by molar-refractivity contribution is -0.709. The summed E-state index contributed by atoms with van der Waals surface area (Å²) >= 11 is 0. The van der Waals surface area contributed by atoms with Gasteiger partial charge in [0, 0.05) is 18.4 Å². The number of quaternary nitrogens is 1. The van der Waals surface area contributed by atoms with Crippen LogP contribution in [0.3, 0.4) is 0 Å². The number of hydrogen-bond donors (Lipinski definition) is 1. The number of nitrogens with two attached hydrogens (primary N) is 1. The van der Waals surface area contributed by atoms with Gasteiger partial charge in [0.05, 0.1) is 18.2 Å². The normalized spacial score (nSPS) is 24.2. The molecule has 0 radical (unpaired) electrons. The number of benzene rings is 1. The van der Waals surface area contributed by atoms with E-state index in [4.69, 9.17) is 4.74 Å². The molecule has 1 aliphatic rings. The van der Waals surface area contributed by atoms with Crippen LogP contribution in [0.15, 0.2) is 30.3 Å². The topological polar surface area (TPSA) is 25.8 Å². The van der Waals surface area contributed by atoms with Gasteiger partial charge in [-0.05, 0) is 13.8 Å². The molecule has 1 aliphatic heterocycles. The van der Waals surface area contributed by atoms with Gasteiger partial charge in [-0.1, -0.05) is 30.3 Å². The molecule has 1 atom stereocenters. The predicted octanol–water partition coefficient (Wildman–Crippen LogP) is 1.71. The fourth-order valence-electron chi connectivity index (χ4n) is 2.40. The maximum Gasteiger partial charge on any atom is 0.101 e. The van der Waals surface area contributed by atoms with E-state index in [0.717, 1.165) is 19.6 Å². The van der Waals surface area contributed by atoms with E-state index in [1.807, 2.05) is 0 Å². The maximum atomic E-state index is 5.73. The highest BCUT2D eigenvalue weighted by atomic mass is 16.5. The molecule has 1 fully saturated rings. The molecule has 2 rings (SSSR count). The van der Waals surface area contributed by atoms with Crippen molar-refractivity contribution in [1.82, 2.24) is 0 Å². The van der Waals surface area contributed by atoms with Crippen molar-refractivity contribution in [2.75, 3.05) is 6.61 Å². The Hall–Kier alpha value is -0.860. The largest absolute Gasteiger partial charge is 0.375 e. The fraction of sp³-hybridized carbons (Fsp3) is 0.571. The lowest BCUT2D eigenvalue weighted by Gasteiger charge is -2.34. The molecule has 1 heterocycles. The molecular formula is C14H22NO+. The van der Waals surface area contributed by atoms with Gasteiger partial charge >= 0.3 is 0 Å². The molecule has 0 amide bonds. The van der Waals surface area contributed by atoms with Crippen molar-refractivity contribution in [3.05, 3.63) is 35.9 Å². The van der Waals surface area contributed by atoms with E-state index in [1.165, 1.54) is 12.0 Å². The summed E-state index contributed by atoms with van der Waals surface area (Å²) in [5, 5.41) is 2.46. The third-order valence-corrected chi connectivity index (χ3v) is 3.26. The summed E-state index contributed by atoms with van der Waals surface area (Å²) in [6, 6.07) is 11.4. The standard InChI is InChI=1S/C14H21NO/c1-14(2)10-13(8-9-16-14)15-11-12-6-4-3-5-7-12/h3-7,13,15H,8-11H2,1-2H3/p+1/t13-/m1/s1. The van der Waals surface area contributed by atoms with Crippen LogP contribution in [-0.4, -0.2) is 18.2 Å². The summed E-state index contributed by atoms with van der Waals surface area (Å²) in [7, 11) is 0. The van der Waals surface area contributed by atoms with Crippen LogP contribution in [0, 0.1) is 0 Å². The van der Waals surface area contributed by atoms with Crippen LogP contribution >= 0.6 is 0 Å². The molecule has 0 saturated carbocycles. The molecule has 1 aromatic carbocycles. The van der Waals surface area contributed by atoms with Crippen LogP contribution in [-0.2, 0) is 11.3 Å². The van der Waals surface area contributed by atoms with Crippen molar-refractivity contribution >= 4 is 0 Å². The zero-order chi connectivity index (χ0) is 11.4. The van der Waals surface area contributed by atoms with Gasteiger partial charge < -0.3 is 10.1 Å². The molecule has 0 unspecified atom stereocenters. The first-order valence-electron chi connectivity index (χ1n) is 6.17. The summed E-state index contributed by atoms with van der Waals surface area (Å²) in [5.74, 6) is 0. The summed E-state index contributed by atoms with van der Waals surface area (Å²) in [6.07, 6.45) is 2.33. The van der Waals surface area contributed by atoms with Crippen molar-refractivity contribution in [2.24, 2.45) is 0 Å². The van der Waals surface area contributed by atoms with Crippen molar-refractivity contribution in [1.29, 1.82) is 0 Å². The van der Waals surface area contributed by atoms with Gasteiger partial charge in [0.1, 0.15) is 6.54 Å². The molecule has 0 bridgehead atoms. The minimum Gasteiger partial charge on any atom is -0.375 e. The van der Waals surface area contributed by atoms with Crippen LogP contribution in [0.2, 0.25) is 0 Å². The SMILES string of the molecule is CC1(C)C[C@H]([NH2+]Cc2ccccc2)CCO1. The minimum atomic E-state index is 0.0656. The Morgan fingerprint density at radius 3 is 2.75 bits per heavy atom. The van der Waals surface area contributed by atoms with Crippen LogP contribution in [0.25, 0.3) is 0 Å². The third kappa shape index (κ3) is 3.32. The number of ether oxygens (including phenoxy) is 1. The second kappa shape index (κ2) is 4.98. The highest BCUT2D eigenvalue weighted by molar-refractivity contribution is 5.13. The van der Waals surface area contributed by atoms with E-state index in [2.05, 4.69) is 49.5 Å². The zero-order valence-corrected chi connectivity index (χ0v) is 10.3. The quantitative estimate of drug-likeness (QED) is 0.824. The average Bonchev–Trinajstić information content (AvgIpc) is 2.27. The second-order valence-electron chi connectivity index (χ2n) is 5.29.